The van der Waals surface area contributed by atoms with Crippen LogP contribution in [0.3, 0.4) is 0 Å². The van der Waals surface area contributed by atoms with E-state index in [4.69, 9.17) is 9.47 Å². The summed E-state index contributed by atoms with van der Waals surface area (Å²) in [6, 6.07) is 7.13. The van der Waals surface area contributed by atoms with Crippen molar-refractivity contribution in [3.63, 3.8) is 0 Å². The Morgan fingerprint density at radius 2 is 2.09 bits per heavy atom. The molecule has 0 aliphatic carbocycles. The van der Waals surface area contributed by atoms with Crippen molar-refractivity contribution < 1.29 is 19.1 Å². The zero-order chi connectivity index (χ0) is 15.9. The molecule has 0 aromatic heterocycles. The standard InChI is InChI=1S/C17H19NO4/c1-4-9-17(10-11(2)3)15(19)22-14-12-7-5-6-8-13(12)21-16(20)18(14)17/h4-8,11,14H,1,9-10H2,2-3H3/t14-,17+/m1/s1. The topological polar surface area (TPSA) is 55.8 Å². The zero-order valence-electron chi connectivity index (χ0n) is 12.7. The van der Waals surface area contributed by atoms with Crippen LogP contribution in [0.25, 0.3) is 0 Å². The molecule has 5 nitrogen and oxygen atoms in total. The van der Waals surface area contributed by atoms with Crippen LogP contribution in [0.1, 0.15) is 38.5 Å². The van der Waals surface area contributed by atoms with E-state index in [1.54, 1.807) is 18.2 Å². The number of fused-ring (bicyclic) bond motifs is 3. The van der Waals surface area contributed by atoms with Crippen molar-refractivity contribution >= 4 is 12.1 Å². The van der Waals surface area contributed by atoms with Crippen LogP contribution >= 0.6 is 0 Å². The van der Waals surface area contributed by atoms with Crippen LogP contribution in [0.5, 0.6) is 5.75 Å². The summed E-state index contributed by atoms with van der Waals surface area (Å²) in [6.07, 6.45) is 1.24. The minimum absolute atomic E-state index is 0.219. The third kappa shape index (κ3) is 2.00. The third-order valence-corrected chi connectivity index (χ3v) is 4.10. The number of hydrogen-bond donors (Lipinski definition) is 0. The predicted octanol–water partition coefficient (Wildman–Crippen LogP) is 3.42. The van der Waals surface area contributed by atoms with Crippen LogP contribution in [0.2, 0.25) is 0 Å². The Hall–Kier alpha value is -2.30. The molecule has 1 amide bonds. The number of hydrogen-bond acceptors (Lipinski definition) is 4. The van der Waals surface area contributed by atoms with Crippen molar-refractivity contribution in [3.8, 4) is 5.75 Å². The molecule has 2 aliphatic rings. The molecule has 2 atom stereocenters. The quantitative estimate of drug-likeness (QED) is 0.631. The average Bonchev–Trinajstić information content (AvgIpc) is 2.73. The van der Waals surface area contributed by atoms with Gasteiger partial charge in [-0.2, -0.15) is 0 Å². The van der Waals surface area contributed by atoms with Gasteiger partial charge in [-0.3, -0.25) is 4.90 Å². The maximum Gasteiger partial charge on any atom is 0.419 e. The molecule has 0 bridgehead atoms. The number of benzene rings is 1. The number of para-hydroxylation sites is 1. The van der Waals surface area contributed by atoms with Crippen LogP contribution in [0, 0.1) is 5.92 Å². The maximum absolute atomic E-state index is 12.6. The van der Waals surface area contributed by atoms with Crippen LogP contribution in [-0.4, -0.2) is 22.5 Å². The Labute approximate surface area is 129 Å². The van der Waals surface area contributed by atoms with Gasteiger partial charge < -0.3 is 9.47 Å². The van der Waals surface area contributed by atoms with Gasteiger partial charge in [0.05, 0.1) is 5.56 Å². The van der Waals surface area contributed by atoms with Gasteiger partial charge in [0.1, 0.15) is 5.75 Å². The number of carbonyl (C=O) groups is 2. The maximum atomic E-state index is 12.6. The smallest absolute Gasteiger partial charge is 0.419 e. The number of esters is 1. The largest absolute Gasteiger partial charge is 0.435 e. The molecule has 1 saturated heterocycles. The highest BCUT2D eigenvalue weighted by atomic mass is 16.6. The lowest BCUT2D eigenvalue weighted by atomic mass is 9.84. The fourth-order valence-electron chi connectivity index (χ4n) is 3.34. The Balaban J connectivity index is 2.10. The van der Waals surface area contributed by atoms with Gasteiger partial charge in [-0.1, -0.05) is 32.1 Å². The predicted molar refractivity (Wildman–Crippen MR) is 80.1 cm³/mol. The molecule has 0 spiro atoms. The summed E-state index contributed by atoms with van der Waals surface area (Å²) in [5.74, 6) is 0.275. The van der Waals surface area contributed by atoms with Gasteiger partial charge in [0, 0.05) is 0 Å². The molecule has 0 N–H and O–H groups in total. The van der Waals surface area contributed by atoms with E-state index in [1.165, 1.54) is 4.90 Å². The molecule has 1 aromatic rings. The molecule has 0 saturated carbocycles. The van der Waals surface area contributed by atoms with Crippen molar-refractivity contribution in [3.05, 3.63) is 42.5 Å². The molecular weight excluding hydrogens is 282 g/mol. The van der Waals surface area contributed by atoms with Gasteiger partial charge in [-0.05, 0) is 30.9 Å². The van der Waals surface area contributed by atoms with Crippen LogP contribution in [0.15, 0.2) is 36.9 Å². The second kappa shape index (κ2) is 5.16. The van der Waals surface area contributed by atoms with Gasteiger partial charge in [-0.15, -0.1) is 6.58 Å². The monoisotopic (exact) mass is 301 g/mol. The van der Waals surface area contributed by atoms with Gasteiger partial charge in [0.15, 0.2) is 5.54 Å². The van der Waals surface area contributed by atoms with Gasteiger partial charge in [0.2, 0.25) is 6.23 Å². The lowest BCUT2D eigenvalue weighted by Crippen LogP contribution is -2.54. The molecule has 116 valence electrons. The van der Waals surface area contributed by atoms with Gasteiger partial charge in [-0.25, -0.2) is 9.59 Å². The lowest BCUT2D eigenvalue weighted by Gasteiger charge is -2.38. The molecule has 0 unspecified atom stereocenters. The first-order valence-electron chi connectivity index (χ1n) is 7.41. The van der Waals surface area contributed by atoms with E-state index >= 15 is 0 Å². The minimum atomic E-state index is -1.04. The van der Waals surface area contributed by atoms with Crippen molar-refractivity contribution in [2.24, 2.45) is 5.92 Å². The minimum Gasteiger partial charge on any atom is -0.435 e. The number of amides is 1. The van der Waals surface area contributed by atoms with E-state index in [1.807, 2.05) is 26.0 Å². The fraction of sp³-hybridized carbons (Fsp3) is 0.412. The molecule has 5 heteroatoms. The van der Waals surface area contributed by atoms with Gasteiger partial charge in [0.25, 0.3) is 0 Å². The van der Waals surface area contributed by atoms with Crippen molar-refractivity contribution in [1.82, 2.24) is 4.90 Å². The molecule has 22 heavy (non-hydrogen) atoms. The molecule has 1 fully saturated rings. The highest BCUT2D eigenvalue weighted by molar-refractivity contribution is 5.91. The SMILES string of the molecule is C=CC[C@]1(CC(C)C)C(=O)O[C@@H]2c3ccccc3OC(=O)N21. The summed E-state index contributed by atoms with van der Waals surface area (Å²) in [5.41, 5.74) is -0.337. The molecule has 2 heterocycles. The third-order valence-electron chi connectivity index (χ3n) is 4.10. The van der Waals surface area contributed by atoms with E-state index in [2.05, 4.69) is 6.58 Å². The van der Waals surface area contributed by atoms with Gasteiger partial charge >= 0.3 is 12.1 Å². The average molecular weight is 301 g/mol. The summed E-state index contributed by atoms with van der Waals surface area (Å²) in [6.45, 7) is 7.75. The van der Waals surface area contributed by atoms with Crippen LogP contribution in [0.4, 0.5) is 4.79 Å². The Bertz CT molecular complexity index is 639. The molecule has 1 aromatic carbocycles. The van der Waals surface area contributed by atoms with Crippen LogP contribution in [-0.2, 0) is 9.53 Å². The van der Waals surface area contributed by atoms with E-state index < -0.39 is 17.9 Å². The summed E-state index contributed by atoms with van der Waals surface area (Å²) in [5, 5.41) is 0. The number of rotatable bonds is 4. The molecule has 3 rings (SSSR count). The Kier molecular flexibility index (Phi) is 3.43. The second-order valence-electron chi connectivity index (χ2n) is 6.16. The lowest BCUT2D eigenvalue weighted by molar-refractivity contribution is -0.146. The summed E-state index contributed by atoms with van der Waals surface area (Å²) in [4.78, 5) is 26.6. The van der Waals surface area contributed by atoms with E-state index in [-0.39, 0.29) is 11.9 Å². The molecule has 2 aliphatic heterocycles. The van der Waals surface area contributed by atoms with E-state index in [0.29, 0.717) is 24.2 Å². The Morgan fingerprint density at radius 1 is 1.36 bits per heavy atom. The van der Waals surface area contributed by atoms with Crippen LogP contribution < -0.4 is 4.74 Å². The normalized spacial score (nSPS) is 26.3. The van der Waals surface area contributed by atoms with E-state index in [9.17, 15) is 9.59 Å². The Morgan fingerprint density at radius 3 is 2.77 bits per heavy atom. The second-order valence-corrected chi connectivity index (χ2v) is 6.16. The fourth-order valence-corrected chi connectivity index (χ4v) is 3.34. The highest BCUT2D eigenvalue weighted by Gasteiger charge is 2.60. The summed E-state index contributed by atoms with van der Waals surface area (Å²) >= 11 is 0. The summed E-state index contributed by atoms with van der Waals surface area (Å²) < 4.78 is 11.0. The number of carbonyl (C=O) groups excluding carboxylic acids is 2. The first-order chi connectivity index (χ1) is 10.5. The first kappa shape index (κ1) is 14.6. The zero-order valence-corrected chi connectivity index (χ0v) is 12.7. The number of ether oxygens (including phenoxy) is 2. The molecule has 0 radical (unpaired) electrons. The first-order valence-corrected chi connectivity index (χ1v) is 7.41. The van der Waals surface area contributed by atoms with Crippen molar-refractivity contribution in [2.45, 2.75) is 38.5 Å². The van der Waals surface area contributed by atoms with Crippen molar-refractivity contribution in [1.29, 1.82) is 0 Å². The highest BCUT2D eigenvalue weighted by Crippen LogP contribution is 2.48. The summed E-state index contributed by atoms with van der Waals surface area (Å²) in [7, 11) is 0. The number of nitrogens with zero attached hydrogens (tertiary/aromatic N) is 1. The molecular formula is C17H19NO4. The van der Waals surface area contributed by atoms with Crippen molar-refractivity contribution in [2.75, 3.05) is 0 Å². The van der Waals surface area contributed by atoms with E-state index in [0.717, 1.165) is 0 Å².